The molecule has 1 heterocycles. The maximum Gasteiger partial charge on any atom is 0.261 e. The van der Waals surface area contributed by atoms with Gasteiger partial charge in [0.1, 0.15) is 0 Å². The monoisotopic (exact) mass is 399 g/mol. The van der Waals surface area contributed by atoms with Gasteiger partial charge in [0.25, 0.3) is 5.91 Å². The highest BCUT2D eigenvalue weighted by atomic mass is 32.2. The predicted molar refractivity (Wildman–Crippen MR) is 117 cm³/mol. The van der Waals surface area contributed by atoms with Crippen LogP contribution >= 0.6 is 23.1 Å². The Kier molecular flexibility index (Phi) is 6.52. The third-order valence-corrected chi connectivity index (χ3v) is 6.17. The third kappa shape index (κ3) is 4.69. The number of rotatable bonds is 7. The van der Waals surface area contributed by atoms with E-state index in [-0.39, 0.29) is 5.91 Å². The lowest BCUT2D eigenvalue weighted by atomic mass is 10.2. The second-order valence-corrected chi connectivity index (χ2v) is 8.64. The van der Waals surface area contributed by atoms with E-state index < -0.39 is 0 Å². The van der Waals surface area contributed by atoms with Crippen LogP contribution in [0.4, 0.5) is 5.13 Å². The molecule has 0 aliphatic rings. The summed E-state index contributed by atoms with van der Waals surface area (Å²) in [5.41, 5.74) is 2.89. The van der Waals surface area contributed by atoms with Crippen LogP contribution in [0.15, 0.2) is 47.4 Å². The average Bonchev–Trinajstić information content (AvgIpc) is 3.07. The van der Waals surface area contributed by atoms with E-state index in [1.165, 1.54) is 5.56 Å². The van der Waals surface area contributed by atoms with Gasteiger partial charge >= 0.3 is 0 Å². The first kappa shape index (κ1) is 19.9. The summed E-state index contributed by atoms with van der Waals surface area (Å²) < 4.78 is 1.12. The van der Waals surface area contributed by atoms with E-state index in [4.69, 9.17) is 4.98 Å². The first-order chi connectivity index (χ1) is 13.0. The smallest absolute Gasteiger partial charge is 0.261 e. The first-order valence-electron chi connectivity index (χ1n) is 8.96. The Balaban J connectivity index is 1.97. The van der Waals surface area contributed by atoms with Crippen LogP contribution in [0.3, 0.4) is 0 Å². The third-order valence-electron chi connectivity index (χ3n) is 4.33. The van der Waals surface area contributed by atoms with Gasteiger partial charge in [-0.2, -0.15) is 0 Å². The van der Waals surface area contributed by atoms with Gasteiger partial charge in [0.05, 0.1) is 15.8 Å². The maximum absolute atomic E-state index is 13.4. The number of fused-ring (bicyclic) bond motifs is 1. The minimum absolute atomic E-state index is 0.0227. The molecule has 0 unspecified atom stereocenters. The minimum Gasteiger partial charge on any atom is -0.309 e. The number of aromatic nitrogens is 1. The van der Waals surface area contributed by atoms with Gasteiger partial charge in [0, 0.05) is 11.4 Å². The Morgan fingerprint density at radius 3 is 2.67 bits per heavy atom. The van der Waals surface area contributed by atoms with Crippen LogP contribution in [0, 0.1) is 6.92 Å². The zero-order valence-corrected chi connectivity index (χ0v) is 17.9. The van der Waals surface area contributed by atoms with Crippen molar-refractivity contribution in [3.63, 3.8) is 0 Å². The van der Waals surface area contributed by atoms with Crippen LogP contribution in [0.2, 0.25) is 0 Å². The zero-order valence-electron chi connectivity index (χ0n) is 16.2. The molecule has 6 heteroatoms. The van der Waals surface area contributed by atoms with E-state index in [9.17, 15) is 4.79 Å². The number of carbonyl (C=O) groups is 1. The molecule has 1 aromatic heterocycles. The number of hydrogen-bond acceptors (Lipinski definition) is 5. The van der Waals surface area contributed by atoms with E-state index >= 15 is 0 Å². The lowest BCUT2D eigenvalue weighted by molar-refractivity contribution is 0.0983. The molecule has 0 atom stereocenters. The number of hydrogen-bond donors (Lipinski definition) is 0. The van der Waals surface area contributed by atoms with Crippen molar-refractivity contribution < 1.29 is 4.79 Å². The van der Waals surface area contributed by atoms with Gasteiger partial charge in [-0.25, -0.2) is 4.98 Å². The van der Waals surface area contributed by atoms with Gasteiger partial charge < -0.3 is 4.90 Å². The first-order valence-corrected chi connectivity index (χ1v) is 11.0. The van der Waals surface area contributed by atoms with Gasteiger partial charge in [-0.15, -0.1) is 11.8 Å². The molecule has 1 amide bonds. The van der Waals surface area contributed by atoms with Crippen LogP contribution in [0.25, 0.3) is 10.2 Å². The second-order valence-electron chi connectivity index (χ2n) is 6.78. The molecule has 0 fully saturated rings. The Bertz CT molecular complexity index is 936. The van der Waals surface area contributed by atoms with Crippen molar-refractivity contribution in [3.8, 4) is 0 Å². The van der Waals surface area contributed by atoms with Crippen molar-refractivity contribution in [2.24, 2.45) is 0 Å². The molecule has 142 valence electrons. The van der Waals surface area contributed by atoms with E-state index in [0.717, 1.165) is 38.8 Å². The lowest BCUT2D eigenvalue weighted by Gasteiger charge is -2.22. The standard InChI is InChI=1S/C21H25N3OS2/c1-15-10-11-17-19(14-15)27-21(22-17)24(13-7-12-23(2)3)20(25)16-8-5-6-9-18(16)26-4/h5-6,8-11,14H,7,12-13H2,1-4H3. The summed E-state index contributed by atoms with van der Waals surface area (Å²) in [5.74, 6) is 0.0227. The number of amides is 1. The van der Waals surface area contributed by atoms with Gasteiger partial charge in [-0.05, 0) is 70.1 Å². The Morgan fingerprint density at radius 1 is 1.15 bits per heavy atom. The molecule has 0 aliphatic heterocycles. The van der Waals surface area contributed by atoms with E-state index in [1.54, 1.807) is 23.1 Å². The number of carbonyl (C=O) groups excluding carboxylic acids is 1. The molecule has 0 bridgehead atoms. The van der Waals surface area contributed by atoms with Crippen LogP contribution in [-0.2, 0) is 0 Å². The molecule has 0 saturated carbocycles. The number of benzene rings is 2. The van der Waals surface area contributed by atoms with Gasteiger partial charge in [-0.1, -0.05) is 29.5 Å². The van der Waals surface area contributed by atoms with Crippen LogP contribution < -0.4 is 4.90 Å². The average molecular weight is 400 g/mol. The number of anilines is 1. The van der Waals surface area contributed by atoms with Crippen molar-refractivity contribution >= 4 is 44.4 Å². The van der Waals surface area contributed by atoms with Crippen molar-refractivity contribution in [2.75, 3.05) is 38.3 Å². The molecule has 3 aromatic rings. The summed E-state index contributed by atoms with van der Waals surface area (Å²) >= 11 is 3.19. The Morgan fingerprint density at radius 2 is 1.93 bits per heavy atom. The number of thiazole rings is 1. The summed E-state index contributed by atoms with van der Waals surface area (Å²) in [6.45, 7) is 3.66. The molecule has 0 aliphatic carbocycles. The SMILES string of the molecule is CSc1ccccc1C(=O)N(CCCN(C)C)c1nc2ccc(C)cc2s1. The number of aryl methyl sites for hydroxylation is 1. The minimum atomic E-state index is 0.0227. The predicted octanol–water partition coefficient (Wildman–Crippen LogP) is 4.93. The molecule has 4 nitrogen and oxygen atoms in total. The van der Waals surface area contributed by atoms with Gasteiger partial charge in [0.15, 0.2) is 5.13 Å². The highest BCUT2D eigenvalue weighted by Gasteiger charge is 2.23. The fourth-order valence-corrected chi connectivity index (χ4v) is 4.61. The summed E-state index contributed by atoms with van der Waals surface area (Å²) in [6, 6.07) is 14.0. The van der Waals surface area contributed by atoms with E-state index in [1.807, 2.05) is 41.5 Å². The number of nitrogens with zero attached hydrogens (tertiary/aromatic N) is 3. The molecule has 3 rings (SSSR count). The molecular formula is C21H25N3OS2. The largest absolute Gasteiger partial charge is 0.309 e. The Labute approximate surface area is 169 Å². The molecule has 2 aromatic carbocycles. The topological polar surface area (TPSA) is 36.4 Å². The van der Waals surface area contributed by atoms with Crippen molar-refractivity contribution in [2.45, 2.75) is 18.2 Å². The van der Waals surface area contributed by atoms with Crippen LogP contribution in [0.5, 0.6) is 0 Å². The van der Waals surface area contributed by atoms with Crippen molar-refractivity contribution in [1.29, 1.82) is 0 Å². The highest BCUT2D eigenvalue weighted by molar-refractivity contribution is 7.98. The maximum atomic E-state index is 13.4. The van der Waals surface area contributed by atoms with Crippen molar-refractivity contribution in [3.05, 3.63) is 53.6 Å². The molecule has 27 heavy (non-hydrogen) atoms. The fraction of sp³-hybridized carbons (Fsp3) is 0.333. The Hall–Kier alpha value is -1.89. The zero-order chi connectivity index (χ0) is 19.4. The molecule has 0 radical (unpaired) electrons. The molecular weight excluding hydrogens is 374 g/mol. The van der Waals surface area contributed by atoms with Crippen molar-refractivity contribution in [1.82, 2.24) is 9.88 Å². The van der Waals surface area contributed by atoms with Gasteiger partial charge in [-0.3, -0.25) is 9.69 Å². The molecule has 0 saturated heterocycles. The van der Waals surface area contributed by atoms with Crippen LogP contribution in [-0.4, -0.2) is 49.2 Å². The lowest BCUT2D eigenvalue weighted by Crippen LogP contribution is -2.33. The normalized spacial score (nSPS) is 11.3. The molecule has 0 spiro atoms. The fourth-order valence-electron chi connectivity index (χ4n) is 2.93. The summed E-state index contributed by atoms with van der Waals surface area (Å²) in [5, 5.41) is 0.773. The highest BCUT2D eigenvalue weighted by Crippen LogP contribution is 2.31. The summed E-state index contributed by atoms with van der Waals surface area (Å²) in [4.78, 5) is 23.1. The van der Waals surface area contributed by atoms with Gasteiger partial charge in [0.2, 0.25) is 0 Å². The summed E-state index contributed by atoms with van der Waals surface area (Å²) in [7, 11) is 4.10. The molecule has 0 N–H and O–H groups in total. The second kappa shape index (κ2) is 8.87. The number of thioether (sulfide) groups is 1. The van der Waals surface area contributed by atoms with E-state index in [0.29, 0.717) is 6.54 Å². The summed E-state index contributed by atoms with van der Waals surface area (Å²) in [6.07, 6.45) is 2.90. The quantitative estimate of drug-likeness (QED) is 0.528. The van der Waals surface area contributed by atoms with Crippen LogP contribution in [0.1, 0.15) is 22.3 Å². The van der Waals surface area contributed by atoms with E-state index in [2.05, 4.69) is 38.1 Å².